The van der Waals surface area contributed by atoms with Crippen LogP contribution in [0.5, 0.6) is 0 Å². The average molecular weight is 449 g/mol. The summed E-state index contributed by atoms with van der Waals surface area (Å²) >= 11 is 0. The van der Waals surface area contributed by atoms with Crippen molar-refractivity contribution in [1.29, 1.82) is 0 Å². The molecule has 168 valence electrons. The van der Waals surface area contributed by atoms with Gasteiger partial charge in [-0.25, -0.2) is 4.98 Å². The van der Waals surface area contributed by atoms with Crippen LogP contribution in [-0.4, -0.2) is 20.4 Å². The maximum atomic E-state index is 13.9. The maximum Gasteiger partial charge on any atom is 0.279 e. The van der Waals surface area contributed by atoms with Crippen LogP contribution >= 0.6 is 0 Å². The molecule has 1 atom stereocenters. The number of benzene rings is 3. The first-order chi connectivity index (χ1) is 16.7. The largest absolute Gasteiger partial charge is 0.353 e. The predicted octanol–water partition coefficient (Wildman–Crippen LogP) is 4.81. The summed E-state index contributed by atoms with van der Waals surface area (Å²) in [5, 5.41) is 4.08. The Hall–Kier alpha value is -4.19. The Morgan fingerprint density at radius 2 is 1.74 bits per heavy atom. The number of hydrogen-bond acceptors (Lipinski definition) is 3. The van der Waals surface area contributed by atoms with Crippen LogP contribution in [0.15, 0.2) is 89.7 Å². The molecule has 0 spiro atoms. The van der Waals surface area contributed by atoms with E-state index in [1.165, 1.54) is 0 Å². The fourth-order valence-corrected chi connectivity index (χ4v) is 4.65. The zero-order valence-electron chi connectivity index (χ0n) is 18.6. The summed E-state index contributed by atoms with van der Waals surface area (Å²) in [4.78, 5) is 35.4. The van der Waals surface area contributed by atoms with Crippen molar-refractivity contribution in [2.45, 2.75) is 25.4 Å². The molecule has 0 saturated heterocycles. The van der Waals surface area contributed by atoms with Crippen molar-refractivity contribution < 1.29 is 4.79 Å². The number of fused-ring (bicyclic) bond motifs is 2. The molecule has 0 bridgehead atoms. The highest BCUT2D eigenvalue weighted by molar-refractivity contribution is 5.88. The van der Waals surface area contributed by atoms with Crippen LogP contribution in [0.2, 0.25) is 0 Å². The zero-order chi connectivity index (χ0) is 23.1. The number of rotatable bonds is 6. The Kier molecular flexibility index (Phi) is 4.99. The Bertz CT molecular complexity index is 1530. The second-order valence-corrected chi connectivity index (χ2v) is 8.88. The highest BCUT2D eigenvalue weighted by Gasteiger charge is 2.39. The molecule has 2 heterocycles. The quantitative estimate of drug-likeness (QED) is 0.391. The topological polar surface area (TPSA) is 79.8 Å². The molecule has 6 heteroatoms. The number of aromatic amines is 1. The van der Waals surface area contributed by atoms with Gasteiger partial charge in [-0.1, -0.05) is 60.7 Å². The summed E-state index contributed by atoms with van der Waals surface area (Å²) in [6.07, 6.45) is 1.85. The molecular formula is C28H24N4O2. The molecule has 2 aromatic heterocycles. The number of carbonyl (C=O) groups excluding carboxylic acids is 1. The van der Waals surface area contributed by atoms with Crippen LogP contribution in [0.25, 0.3) is 33.3 Å². The second-order valence-electron chi connectivity index (χ2n) is 8.88. The third-order valence-electron chi connectivity index (χ3n) is 6.50. The molecule has 6 nitrogen and oxygen atoms in total. The molecule has 5 aromatic rings. The third kappa shape index (κ3) is 3.67. The van der Waals surface area contributed by atoms with Gasteiger partial charge in [-0.05, 0) is 48.6 Å². The van der Waals surface area contributed by atoms with Crippen molar-refractivity contribution in [2.24, 2.45) is 5.92 Å². The van der Waals surface area contributed by atoms with E-state index in [1.807, 2.05) is 84.9 Å². The molecule has 0 radical (unpaired) electrons. The van der Waals surface area contributed by atoms with Crippen LogP contribution in [-0.2, 0) is 11.3 Å². The molecule has 1 unspecified atom stereocenters. The summed E-state index contributed by atoms with van der Waals surface area (Å²) in [5.41, 5.74) is 4.07. The summed E-state index contributed by atoms with van der Waals surface area (Å²) in [6.45, 7) is 0.426. The first-order valence-electron chi connectivity index (χ1n) is 11.6. The van der Waals surface area contributed by atoms with Gasteiger partial charge in [-0.3, -0.25) is 14.2 Å². The number of H-pyrrole nitrogens is 1. The standard InChI is InChI=1S/C28H24N4O2/c33-27(29-17-18-8-2-1-3-9-18)26(19-14-15-19)32-24-13-7-6-12-22(24)31-25(28(32)34)23-16-20-10-4-5-11-21(20)30-23/h1-13,16,19,26,30H,14-15,17H2,(H,29,33). The summed E-state index contributed by atoms with van der Waals surface area (Å²) in [6, 6.07) is 26.6. The Labute approximate surface area is 196 Å². The number of nitrogens with zero attached hydrogens (tertiary/aromatic N) is 2. The van der Waals surface area contributed by atoms with Gasteiger partial charge < -0.3 is 10.3 Å². The number of nitrogens with one attached hydrogen (secondary N) is 2. The Morgan fingerprint density at radius 1 is 1.00 bits per heavy atom. The van der Waals surface area contributed by atoms with E-state index in [1.54, 1.807) is 4.57 Å². The monoisotopic (exact) mass is 448 g/mol. The Balaban J connectivity index is 1.47. The fourth-order valence-electron chi connectivity index (χ4n) is 4.65. The summed E-state index contributed by atoms with van der Waals surface area (Å²) < 4.78 is 1.67. The van der Waals surface area contributed by atoms with Crippen molar-refractivity contribution in [3.05, 3.63) is 101 Å². The van der Waals surface area contributed by atoms with Gasteiger partial charge in [0.25, 0.3) is 5.56 Å². The van der Waals surface area contributed by atoms with Gasteiger partial charge in [0, 0.05) is 17.4 Å². The highest BCUT2D eigenvalue weighted by Crippen LogP contribution is 2.40. The van der Waals surface area contributed by atoms with E-state index < -0.39 is 6.04 Å². The number of carbonyl (C=O) groups is 1. The lowest BCUT2D eigenvalue weighted by Gasteiger charge is -2.22. The number of aromatic nitrogens is 3. The zero-order valence-corrected chi connectivity index (χ0v) is 18.6. The minimum atomic E-state index is -0.577. The lowest BCUT2D eigenvalue weighted by atomic mass is 10.1. The molecule has 1 amide bonds. The molecule has 1 aliphatic rings. The summed E-state index contributed by atoms with van der Waals surface area (Å²) in [5.74, 6) is 0.00208. The molecule has 3 aromatic carbocycles. The van der Waals surface area contributed by atoms with Gasteiger partial charge in [0.1, 0.15) is 6.04 Å². The van der Waals surface area contributed by atoms with Crippen molar-refractivity contribution in [3.8, 4) is 11.4 Å². The predicted molar refractivity (Wildman–Crippen MR) is 133 cm³/mol. The van der Waals surface area contributed by atoms with Crippen molar-refractivity contribution in [3.63, 3.8) is 0 Å². The van der Waals surface area contributed by atoms with Gasteiger partial charge >= 0.3 is 0 Å². The highest BCUT2D eigenvalue weighted by atomic mass is 16.2. The number of amides is 1. The van der Waals surface area contributed by atoms with Gasteiger partial charge in [-0.15, -0.1) is 0 Å². The molecule has 34 heavy (non-hydrogen) atoms. The molecular weight excluding hydrogens is 424 g/mol. The van der Waals surface area contributed by atoms with Gasteiger partial charge in [0.2, 0.25) is 5.91 Å². The van der Waals surface area contributed by atoms with E-state index in [-0.39, 0.29) is 17.4 Å². The molecule has 6 rings (SSSR count). The molecule has 1 fully saturated rings. The minimum Gasteiger partial charge on any atom is -0.353 e. The summed E-state index contributed by atoms with van der Waals surface area (Å²) in [7, 11) is 0. The third-order valence-corrected chi connectivity index (χ3v) is 6.50. The van der Waals surface area contributed by atoms with Crippen molar-refractivity contribution in [1.82, 2.24) is 19.9 Å². The fraction of sp³-hybridized carbons (Fsp3) is 0.179. The number of hydrogen-bond donors (Lipinski definition) is 2. The van der Waals surface area contributed by atoms with E-state index in [0.29, 0.717) is 29.0 Å². The molecule has 2 N–H and O–H groups in total. The first-order valence-corrected chi connectivity index (χ1v) is 11.6. The first kappa shape index (κ1) is 20.4. The smallest absolute Gasteiger partial charge is 0.279 e. The van der Waals surface area contributed by atoms with Crippen LogP contribution in [0, 0.1) is 5.92 Å². The Morgan fingerprint density at radius 3 is 2.53 bits per heavy atom. The van der Waals surface area contributed by atoms with Gasteiger partial charge in [0.05, 0.1) is 16.7 Å². The van der Waals surface area contributed by atoms with E-state index >= 15 is 0 Å². The second kappa shape index (κ2) is 8.30. The molecule has 1 aliphatic carbocycles. The van der Waals surface area contributed by atoms with E-state index in [4.69, 9.17) is 4.98 Å². The van der Waals surface area contributed by atoms with Crippen molar-refractivity contribution in [2.75, 3.05) is 0 Å². The maximum absolute atomic E-state index is 13.9. The normalized spacial score (nSPS) is 14.4. The van der Waals surface area contributed by atoms with E-state index in [0.717, 1.165) is 29.3 Å². The van der Waals surface area contributed by atoms with Crippen LogP contribution in [0.1, 0.15) is 24.4 Å². The van der Waals surface area contributed by atoms with Gasteiger partial charge in [0.15, 0.2) is 5.69 Å². The van der Waals surface area contributed by atoms with Crippen molar-refractivity contribution >= 4 is 27.8 Å². The van der Waals surface area contributed by atoms with Crippen LogP contribution in [0.3, 0.4) is 0 Å². The van der Waals surface area contributed by atoms with E-state index in [2.05, 4.69) is 10.3 Å². The molecule has 1 saturated carbocycles. The SMILES string of the molecule is O=C(NCc1ccccc1)C(C1CC1)n1c(=O)c(-c2cc3ccccc3[nH]2)nc2ccccc21. The lowest BCUT2D eigenvalue weighted by molar-refractivity contribution is -0.125. The minimum absolute atomic E-state index is 0.132. The number of para-hydroxylation sites is 3. The van der Waals surface area contributed by atoms with E-state index in [9.17, 15) is 9.59 Å². The lowest BCUT2D eigenvalue weighted by Crippen LogP contribution is -2.39. The molecule has 0 aliphatic heterocycles. The van der Waals surface area contributed by atoms with Crippen LogP contribution < -0.4 is 10.9 Å². The average Bonchev–Trinajstić information content (AvgIpc) is 3.61. The van der Waals surface area contributed by atoms with Gasteiger partial charge in [-0.2, -0.15) is 0 Å². The van der Waals surface area contributed by atoms with Crippen LogP contribution in [0.4, 0.5) is 0 Å².